The number of rotatable bonds is 10. The van der Waals surface area contributed by atoms with Gasteiger partial charge in [-0.05, 0) is 59.9 Å². The van der Waals surface area contributed by atoms with E-state index in [0.717, 1.165) is 49.8 Å². The van der Waals surface area contributed by atoms with Crippen molar-refractivity contribution < 1.29 is 9.52 Å². The van der Waals surface area contributed by atoms with Gasteiger partial charge in [0, 0.05) is 35.4 Å². The van der Waals surface area contributed by atoms with Crippen LogP contribution in [0.15, 0.2) is 167 Å². The summed E-state index contributed by atoms with van der Waals surface area (Å²) in [7, 11) is 1.97. The molecule has 0 saturated carbocycles. The third kappa shape index (κ3) is 7.16. The van der Waals surface area contributed by atoms with Gasteiger partial charge >= 0.3 is 0 Å². The van der Waals surface area contributed by atoms with E-state index in [1.54, 1.807) is 0 Å². The van der Waals surface area contributed by atoms with E-state index < -0.39 is 5.54 Å². The third-order valence-corrected chi connectivity index (χ3v) is 9.02. The highest BCUT2D eigenvalue weighted by Crippen LogP contribution is 2.37. The standard InChI is InChI=1S/C44H41N3O2/c1-5-36(48)30-44(3,28-16-17-31(2)32-18-9-6-10-19-32)47(4)43(46-42(45)34-22-13-8-14-23-34)35-26-27-38-40(29-35)49-39-25-15-24-37(41(38)39)33-20-11-7-12-21-33/h6-27,29-30,45,48H,2,5,28H2,1,3-4H3/b17-16-,36-30+,45-42?,46-43-. The number of aliphatic hydroxyl groups excluding tert-OH is 1. The molecule has 1 heterocycles. The SMILES string of the molecule is C=C(/C=C\CC(C)(/C=C(/O)CC)N(C)/C(=N\C(=N)c1ccccc1)c1ccc2c(c1)oc1cccc(-c3ccccc3)c12)c1ccccc1. The molecule has 0 aliphatic carbocycles. The number of amidine groups is 2. The van der Waals surface area contributed by atoms with Crippen molar-refractivity contribution in [1.29, 1.82) is 5.41 Å². The molecule has 6 rings (SSSR count). The monoisotopic (exact) mass is 643 g/mol. The van der Waals surface area contributed by atoms with Gasteiger partial charge in [0.15, 0.2) is 5.84 Å². The number of benzene rings is 5. The molecule has 0 fully saturated rings. The number of aliphatic imine (C=N–C) groups is 1. The van der Waals surface area contributed by atoms with Gasteiger partial charge in [-0.1, -0.05) is 135 Å². The number of nitrogens with one attached hydrogen (secondary N) is 1. The van der Waals surface area contributed by atoms with Crippen LogP contribution in [0.2, 0.25) is 0 Å². The first-order valence-corrected chi connectivity index (χ1v) is 16.6. The molecular weight excluding hydrogens is 603 g/mol. The zero-order valence-corrected chi connectivity index (χ0v) is 28.2. The molecule has 5 nitrogen and oxygen atoms in total. The topological polar surface area (TPSA) is 72.8 Å². The Morgan fingerprint density at radius 2 is 1.49 bits per heavy atom. The molecule has 244 valence electrons. The van der Waals surface area contributed by atoms with Gasteiger partial charge in [0.2, 0.25) is 0 Å². The highest BCUT2D eigenvalue weighted by Gasteiger charge is 2.31. The average Bonchev–Trinajstić information content (AvgIpc) is 3.52. The second-order valence-corrected chi connectivity index (χ2v) is 12.4. The first-order valence-electron chi connectivity index (χ1n) is 16.6. The zero-order chi connectivity index (χ0) is 34.4. The van der Waals surface area contributed by atoms with Crippen LogP contribution in [0.5, 0.6) is 0 Å². The van der Waals surface area contributed by atoms with Crippen LogP contribution in [-0.2, 0) is 0 Å². The smallest absolute Gasteiger partial charge is 0.154 e. The first kappa shape index (κ1) is 33.0. The van der Waals surface area contributed by atoms with E-state index >= 15 is 0 Å². The maximum atomic E-state index is 10.9. The van der Waals surface area contributed by atoms with Gasteiger partial charge in [0.25, 0.3) is 0 Å². The fraction of sp³-hybridized carbons (Fsp3) is 0.136. The van der Waals surface area contributed by atoms with E-state index in [-0.39, 0.29) is 11.6 Å². The van der Waals surface area contributed by atoms with Crippen LogP contribution in [-0.4, -0.2) is 34.3 Å². The molecule has 2 N–H and O–H groups in total. The minimum absolute atomic E-state index is 0.137. The van der Waals surface area contributed by atoms with Crippen LogP contribution in [0, 0.1) is 5.41 Å². The average molecular weight is 644 g/mol. The Morgan fingerprint density at radius 3 is 2.16 bits per heavy atom. The van der Waals surface area contributed by atoms with Crippen molar-refractivity contribution in [3.05, 3.63) is 175 Å². The van der Waals surface area contributed by atoms with Gasteiger partial charge in [-0.3, -0.25) is 5.41 Å². The molecule has 0 bridgehead atoms. The van der Waals surface area contributed by atoms with Crippen molar-refractivity contribution in [2.45, 2.75) is 32.2 Å². The normalized spacial score (nSPS) is 13.5. The van der Waals surface area contributed by atoms with Crippen LogP contribution in [0.1, 0.15) is 43.4 Å². The Kier molecular flexibility index (Phi) is 9.72. The summed E-state index contributed by atoms with van der Waals surface area (Å²) >= 11 is 0. The van der Waals surface area contributed by atoms with E-state index in [9.17, 15) is 5.11 Å². The van der Waals surface area contributed by atoms with Crippen LogP contribution in [0.4, 0.5) is 0 Å². The van der Waals surface area contributed by atoms with Crippen LogP contribution >= 0.6 is 0 Å². The number of hydrogen-bond donors (Lipinski definition) is 2. The van der Waals surface area contributed by atoms with Crippen LogP contribution < -0.4 is 0 Å². The maximum absolute atomic E-state index is 10.9. The van der Waals surface area contributed by atoms with Gasteiger partial charge in [0.1, 0.15) is 17.0 Å². The lowest BCUT2D eigenvalue weighted by atomic mass is 9.92. The Hall–Kier alpha value is -5.94. The summed E-state index contributed by atoms with van der Waals surface area (Å²) in [6.45, 7) is 8.27. The Bertz CT molecular complexity index is 2200. The molecule has 0 spiro atoms. The predicted molar refractivity (Wildman–Crippen MR) is 205 cm³/mol. The molecule has 0 saturated heterocycles. The summed E-state index contributed by atoms with van der Waals surface area (Å²) in [5.74, 6) is 0.998. The summed E-state index contributed by atoms with van der Waals surface area (Å²) in [6, 6.07) is 42.2. The van der Waals surface area contributed by atoms with E-state index in [1.807, 2.05) is 134 Å². The van der Waals surface area contributed by atoms with Gasteiger partial charge in [-0.15, -0.1) is 0 Å². The van der Waals surface area contributed by atoms with E-state index in [0.29, 0.717) is 24.2 Å². The quantitative estimate of drug-likeness (QED) is 0.0675. The number of furan rings is 1. The Balaban J connectivity index is 1.45. The molecule has 0 aliphatic heterocycles. The van der Waals surface area contributed by atoms with Gasteiger partial charge < -0.3 is 14.4 Å². The molecule has 1 unspecified atom stereocenters. The number of aliphatic hydroxyl groups is 1. The fourth-order valence-corrected chi connectivity index (χ4v) is 6.11. The summed E-state index contributed by atoms with van der Waals surface area (Å²) in [6.07, 6.45) is 7.02. The van der Waals surface area contributed by atoms with Crippen molar-refractivity contribution in [2.75, 3.05) is 7.05 Å². The van der Waals surface area contributed by atoms with Gasteiger partial charge in [-0.25, -0.2) is 4.99 Å². The third-order valence-electron chi connectivity index (χ3n) is 9.02. The lowest BCUT2D eigenvalue weighted by Gasteiger charge is -2.38. The molecule has 1 atom stereocenters. The lowest BCUT2D eigenvalue weighted by molar-refractivity contribution is 0.280. The molecule has 5 aromatic carbocycles. The molecule has 0 radical (unpaired) electrons. The highest BCUT2D eigenvalue weighted by atomic mass is 16.3. The van der Waals surface area contributed by atoms with E-state index in [1.165, 1.54) is 0 Å². The van der Waals surface area contributed by atoms with Crippen molar-refractivity contribution >= 4 is 39.2 Å². The summed E-state index contributed by atoms with van der Waals surface area (Å²) in [4.78, 5) is 7.01. The van der Waals surface area contributed by atoms with Crippen molar-refractivity contribution in [3.63, 3.8) is 0 Å². The first-order chi connectivity index (χ1) is 23.8. The largest absolute Gasteiger partial charge is 0.513 e. The number of likely N-dealkylation sites (N-methyl/N-ethyl adjacent to an activating group) is 1. The minimum Gasteiger partial charge on any atom is -0.513 e. The second-order valence-electron chi connectivity index (χ2n) is 12.4. The molecular formula is C44H41N3O2. The number of hydrogen-bond acceptors (Lipinski definition) is 3. The van der Waals surface area contributed by atoms with Gasteiger partial charge in [-0.2, -0.15) is 0 Å². The molecule has 5 heteroatoms. The maximum Gasteiger partial charge on any atom is 0.154 e. The highest BCUT2D eigenvalue weighted by molar-refractivity contribution is 6.15. The van der Waals surface area contributed by atoms with Gasteiger partial charge in [0.05, 0.1) is 11.3 Å². The van der Waals surface area contributed by atoms with Crippen LogP contribution in [0.3, 0.4) is 0 Å². The summed E-state index contributed by atoms with van der Waals surface area (Å²) < 4.78 is 6.48. The predicted octanol–water partition coefficient (Wildman–Crippen LogP) is 11.2. The van der Waals surface area contributed by atoms with Crippen molar-refractivity contribution in [3.8, 4) is 11.1 Å². The molecule has 0 amide bonds. The molecule has 6 aromatic rings. The molecule has 49 heavy (non-hydrogen) atoms. The molecule has 1 aromatic heterocycles. The van der Waals surface area contributed by atoms with E-state index in [4.69, 9.17) is 14.8 Å². The van der Waals surface area contributed by atoms with Crippen LogP contribution in [0.25, 0.3) is 38.6 Å². The lowest BCUT2D eigenvalue weighted by Crippen LogP contribution is -2.46. The molecule has 0 aliphatic rings. The van der Waals surface area contributed by atoms with Crippen molar-refractivity contribution in [1.82, 2.24) is 4.90 Å². The Labute approximate surface area is 288 Å². The summed E-state index contributed by atoms with van der Waals surface area (Å²) in [5, 5.41) is 22.0. The minimum atomic E-state index is -0.716. The second kappa shape index (κ2) is 14.4. The number of fused-ring (bicyclic) bond motifs is 3. The number of nitrogens with zero attached hydrogens (tertiary/aromatic N) is 2. The number of allylic oxidation sites excluding steroid dienone is 3. The fourth-order valence-electron chi connectivity index (χ4n) is 6.11. The zero-order valence-electron chi connectivity index (χ0n) is 28.2. The van der Waals surface area contributed by atoms with Crippen molar-refractivity contribution in [2.24, 2.45) is 4.99 Å². The van der Waals surface area contributed by atoms with E-state index in [2.05, 4.69) is 43.8 Å². The summed E-state index contributed by atoms with van der Waals surface area (Å²) in [5.41, 5.74) is 6.51. The Morgan fingerprint density at radius 1 is 0.837 bits per heavy atom.